The molecule has 0 bridgehead atoms. The van der Waals surface area contributed by atoms with Crippen molar-refractivity contribution in [2.24, 2.45) is 0 Å². The first-order chi connectivity index (χ1) is 10.5. The van der Waals surface area contributed by atoms with Crippen LogP contribution >= 0.6 is 15.9 Å². The molecule has 1 aliphatic heterocycles. The number of ether oxygens (including phenoxy) is 1. The molecular formula is C17H24BrNO3. The second kappa shape index (κ2) is 8.65. The summed E-state index contributed by atoms with van der Waals surface area (Å²) in [5.74, 6) is -0.728. The number of carbonyl (C=O) groups is 1. The molecule has 1 saturated heterocycles. The van der Waals surface area contributed by atoms with Crippen LogP contribution in [0.1, 0.15) is 36.8 Å². The Kier molecular flexibility index (Phi) is 6.86. The molecule has 1 aliphatic rings. The van der Waals surface area contributed by atoms with Gasteiger partial charge in [-0.05, 0) is 49.9 Å². The van der Waals surface area contributed by atoms with E-state index < -0.39 is 5.97 Å². The quantitative estimate of drug-likeness (QED) is 0.760. The maximum atomic E-state index is 10.7. The summed E-state index contributed by atoms with van der Waals surface area (Å²) < 4.78 is 6.84. The van der Waals surface area contributed by atoms with E-state index in [1.807, 2.05) is 0 Å². The molecule has 5 heteroatoms. The van der Waals surface area contributed by atoms with E-state index in [4.69, 9.17) is 9.84 Å². The zero-order valence-electron chi connectivity index (χ0n) is 13.1. The summed E-state index contributed by atoms with van der Waals surface area (Å²) in [5.41, 5.74) is 2.46. The first kappa shape index (κ1) is 17.4. The van der Waals surface area contributed by atoms with Crippen LogP contribution in [-0.2, 0) is 16.1 Å². The number of hydrogen-bond acceptors (Lipinski definition) is 3. The molecule has 0 aromatic heterocycles. The summed E-state index contributed by atoms with van der Waals surface area (Å²) in [6.45, 7) is 5.40. The van der Waals surface area contributed by atoms with Crippen LogP contribution in [0.5, 0.6) is 0 Å². The molecule has 22 heavy (non-hydrogen) atoms. The van der Waals surface area contributed by atoms with Gasteiger partial charge in [0.2, 0.25) is 0 Å². The first-order valence-corrected chi connectivity index (χ1v) is 8.64. The second-order valence-electron chi connectivity index (χ2n) is 5.96. The van der Waals surface area contributed by atoms with Crippen molar-refractivity contribution in [3.05, 3.63) is 33.8 Å². The van der Waals surface area contributed by atoms with E-state index in [9.17, 15) is 4.79 Å². The fraction of sp³-hybridized carbons (Fsp3) is 0.588. The third kappa shape index (κ3) is 5.71. The lowest BCUT2D eigenvalue weighted by molar-refractivity contribution is -0.137. The molecule has 1 fully saturated rings. The number of nitrogens with zero attached hydrogens (tertiary/aromatic N) is 1. The van der Waals surface area contributed by atoms with Crippen molar-refractivity contribution >= 4 is 21.9 Å². The SMILES string of the molecule is Cc1ccc(CN(CCCC(=O)O)CC2CCCO2)c(Br)c1. The Bertz CT molecular complexity index is 501. The van der Waals surface area contributed by atoms with Crippen molar-refractivity contribution in [2.75, 3.05) is 19.7 Å². The van der Waals surface area contributed by atoms with Crippen LogP contribution in [0.25, 0.3) is 0 Å². The van der Waals surface area contributed by atoms with Crippen molar-refractivity contribution in [3.8, 4) is 0 Å². The molecule has 0 saturated carbocycles. The maximum Gasteiger partial charge on any atom is 0.303 e. The molecule has 4 nitrogen and oxygen atoms in total. The van der Waals surface area contributed by atoms with E-state index in [0.29, 0.717) is 6.42 Å². The van der Waals surface area contributed by atoms with E-state index >= 15 is 0 Å². The highest BCUT2D eigenvalue weighted by molar-refractivity contribution is 9.10. The van der Waals surface area contributed by atoms with Crippen molar-refractivity contribution in [3.63, 3.8) is 0 Å². The predicted molar refractivity (Wildman–Crippen MR) is 90.0 cm³/mol. The van der Waals surface area contributed by atoms with Gasteiger partial charge in [0.05, 0.1) is 6.10 Å². The van der Waals surface area contributed by atoms with Gasteiger partial charge in [-0.25, -0.2) is 0 Å². The number of carboxylic acids is 1. The lowest BCUT2D eigenvalue weighted by Crippen LogP contribution is -2.33. The molecule has 1 aromatic carbocycles. The van der Waals surface area contributed by atoms with Crippen LogP contribution in [0.4, 0.5) is 0 Å². The molecule has 1 atom stereocenters. The number of aliphatic carboxylic acids is 1. The lowest BCUT2D eigenvalue weighted by atomic mass is 10.1. The van der Waals surface area contributed by atoms with Gasteiger partial charge >= 0.3 is 5.97 Å². The summed E-state index contributed by atoms with van der Waals surface area (Å²) >= 11 is 3.63. The Labute approximate surface area is 140 Å². The zero-order valence-corrected chi connectivity index (χ0v) is 14.6. The lowest BCUT2D eigenvalue weighted by Gasteiger charge is -2.25. The van der Waals surface area contributed by atoms with Crippen LogP contribution in [-0.4, -0.2) is 41.8 Å². The average Bonchev–Trinajstić information content (AvgIpc) is 2.94. The number of rotatable bonds is 8. The molecular weight excluding hydrogens is 346 g/mol. The molecule has 0 radical (unpaired) electrons. The summed E-state index contributed by atoms with van der Waals surface area (Å²) in [4.78, 5) is 13.0. The Morgan fingerprint density at radius 2 is 2.32 bits per heavy atom. The number of halogens is 1. The molecule has 1 unspecified atom stereocenters. The average molecular weight is 370 g/mol. The van der Waals surface area contributed by atoms with E-state index in [0.717, 1.165) is 43.6 Å². The highest BCUT2D eigenvalue weighted by atomic mass is 79.9. The van der Waals surface area contributed by atoms with Crippen molar-refractivity contribution in [2.45, 2.75) is 45.3 Å². The van der Waals surface area contributed by atoms with Crippen LogP contribution in [0, 0.1) is 6.92 Å². The number of aryl methyl sites for hydroxylation is 1. The van der Waals surface area contributed by atoms with Crippen molar-refractivity contribution in [1.82, 2.24) is 4.90 Å². The van der Waals surface area contributed by atoms with Crippen LogP contribution in [0.2, 0.25) is 0 Å². The molecule has 122 valence electrons. The van der Waals surface area contributed by atoms with Crippen molar-refractivity contribution < 1.29 is 14.6 Å². The predicted octanol–water partition coefficient (Wildman–Crippen LogP) is 3.60. The summed E-state index contributed by atoms with van der Waals surface area (Å²) in [7, 11) is 0. The van der Waals surface area contributed by atoms with E-state index in [2.05, 4.69) is 46.0 Å². The topological polar surface area (TPSA) is 49.8 Å². The number of benzene rings is 1. The molecule has 0 aliphatic carbocycles. The molecule has 0 spiro atoms. The smallest absolute Gasteiger partial charge is 0.303 e. The normalized spacial score (nSPS) is 18.0. The van der Waals surface area contributed by atoms with E-state index in [1.54, 1.807) is 0 Å². The van der Waals surface area contributed by atoms with Crippen LogP contribution in [0.3, 0.4) is 0 Å². The van der Waals surface area contributed by atoms with Gasteiger partial charge in [-0.1, -0.05) is 28.1 Å². The largest absolute Gasteiger partial charge is 0.481 e. The molecule has 1 heterocycles. The van der Waals surface area contributed by atoms with Gasteiger partial charge in [0.25, 0.3) is 0 Å². The highest BCUT2D eigenvalue weighted by Crippen LogP contribution is 2.22. The minimum atomic E-state index is -0.728. The number of hydrogen-bond donors (Lipinski definition) is 1. The summed E-state index contributed by atoms with van der Waals surface area (Å²) in [5, 5.41) is 8.82. The van der Waals surface area contributed by atoms with Crippen molar-refractivity contribution in [1.29, 1.82) is 0 Å². The minimum Gasteiger partial charge on any atom is -0.481 e. The van der Waals surface area contributed by atoms with Gasteiger partial charge < -0.3 is 9.84 Å². The monoisotopic (exact) mass is 369 g/mol. The zero-order chi connectivity index (χ0) is 15.9. The third-order valence-corrected chi connectivity index (χ3v) is 4.69. The molecule has 0 amide bonds. The van der Waals surface area contributed by atoms with Gasteiger partial charge in [-0.2, -0.15) is 0 Å². The van der Waals surface area contributed by atoms with Gasteiger partial charge in [0, 0.05) is 30.6 Å². The van der Waals surface area contributed by atoms with Gasteiger partial charge in [0.1, 0.15) is 0 Å². The fourth-order valence-electron chi connectivity index (χ4n) is 2.79. The summed E-state index contributed by atoms with van der Waals surface area (Å²) in [6, 6.07) is 6.37. The summed E-state index contributed by atoms with van der Waals surface area (Å²) in [6.07, 6.45) is 3.41. The Morgan fingerprint density at radius 1 is 1.50 bits per heavy atom. The Hall–Kier alpha value is -0.910. The second-order valence-corrected chi connectivity index (χ2v) is 6.82. The highest BCUT2D eigenvalue weighted by Gasteiger charge is 2.20. The third-order valence-electron chi connectivity index (χ3n) is 3.95. The minimum absolute atomic E-state index is 0.219. The standard InChI is InChI=1S/C17H24BrNO3/c1-13-6-7-14(16(18)10-13)11-19(8-2-5-17(20)21)12-15-4-3-9-22-15/h6-7,10,15H,2-5,8-9,11-12H2,1H3,(H,20,21). The van der Waals surface area contributed by atoms with E-state index in [-0.39, 0.29) is 12.5 Å². The Balaban J connectivity index is 1.96. The van der Waals surface area contributed by atoms with Gasteiger partial charge in [0.15, 0.2) is 0 Å². The van der Waals surface area contributed by atoms with Crippen LogP contribution in [0.15, 0.2) is 22.7 Å². The van der Waals surface area contributed by atoms with Gasteiger partial charge in [-0.3, -0.25) is 9.69 Å². The first-order valence-electron chi connectivity index (χ1n) is 7.85. The Morgan fingerprint density at radius 3 is 2.95 bits per heavy atom. The molecule has 1 N–H and O–H groups in total. The van der Waals surface area contributed by atoms with Gasteiger partial charge in [-0.15, -0.1) is 0 Å². The van der Waals surface area contributed by atoms with E-state index in [1.165, 1.54) is 11.1 Å². The molecule has 2 rings (SSSR count). The molecule has 1 aromatic rings. The van der Waals surface area contributed by atoms with Crippen LogP contribution < -0.4 is 0 Å². The number of carboxylic acid groups (broad SMARTS) is 1. The fourth-order valence-corrected chi connectivity index (χ4v) is 3.41. The maximum absolute atomic E-state index is 10.7.